The summed E-state index contributed by atoms with van der Waals surface area (Å²) in [6.45, 7) is 0. The lowest BCUT2D eigenvalue weighted by molar-refractivity contribution is 0.197. The fourth-order valence-corrected chi connectivity index (χ4v) is 1.05. The molecule has 0 aromatic heterocycles. The number of hydrazine groups is 1. The summed E-state index contributed by atoms with van der Waals surface area (Å²) < 4.78 is 0. The third-order valence-electron chi connectivity index (χ3n) is 1.23. The van der Waals surface area contributed by atoms with Gasteiger partial charge in [0.15, 0.2) is 0 Å². The molecule has 0 aliphatic heterocycles. The van der Waals surface area contributed by atoms with E-state index in [9.17, 15) is 4.79 Å². The summed E-state index contributed by atoms with van der Waals surface area (Å²) in [5.74, 6) is 0. The number of hydrogen-bond donors (Lipinski definition) is 3. The van der Waals surface area contributed by atoms with Crippen molar-refractivity contribution in [2.75, 3.05) is 5.43 Å². The molecule has 0 aliphatic carbocycles. The van der Waals surface area contributed by atoms with Gasteiger partial charge in [0.05, 0.1) is 10.7 Å². The topological polar surface area (TPSA) is 61.4 Å². The first kappa shape index (κ1) is 9.95. The summed E-state index contributed by atoms with van der Waals surface area (Å²) in [7, 11) is 0. The molecule has 1 aromatic rings. The summed E-state index contributed by atoms with van der Waals surface area (Å²) in [6, 6.07) is 4.69. The van der Waals surface area contributed by atoms with Gasteiger partial charge in [-0.05, 0) is 18.2 Å². The zero-order chi connectivity index (χ0) is 9.84. The first-order chi connectivity index (χ1) is 6.09. The first-order valence-electron chi connectivity index (χ1n) is 3.29. The SMILES string of the molecule is O=C(O)NNc1cc(Cl)ccc1Cl. The highest BCUT2D eigenvalue weighted by atomic mass is 35.5. The lowest BCUT2D eigenvalue weighted by atomic mass is 10.3. The Bertz CT molecular complexity index is 330. The Kier molecular flexibility index (Phi) is 3.22. The van der Waals surface area contributed by atoms with Crippen LogP contribution < -0.4 is 10.9 Å². The van der Waals surface area contributed by atoms with Gasteiger partial charge in [-0.3, -0.25) is 5.43 Å². The molecule has 0 spiro atoms. The van der Waals surface area contributed by atoms with Gasteiger partial charge in [-0.25, -0.2) is 10.2 Å². The minimum absolute atomic E-state index is 0.387. The Balaban J connectivity index is 2.75. The van der Waals surface area contributed by atoms with Crippen molar-refractivity contribution < 1.29 is 9.90 Å². The van der Waals surface area contributed by atoms with Crippen LogP contribution in [-0.2, 0) is 0 Å². The van der Waals surface area contributed by atoms with E-state index in [-0.39, 0.29) is 0 Å². The van der Waals surface area contributed by atoms with E-state index in [1.807, 2.05) is 5.43 Å². The molecule has 13 heavy (non-hydrogen) atoms. The van der Waals surface area contributed by atoms with Gasteiger partial charge in [-0.1, -0.05) is 23.2 Å². The number of anilines is 1. The Morgan fingerprint density at radius 3 is 2.69 bits per heavy atom. The van der Waals surface area contributed by atoms with Crippen LogP contribution in [0.25, 0.3) is 0 Å². The third-order valence-corrected chi connectivity index (χ3v) is 1.80. The molecule has 0 aliphatic rings. The fraction of sp³-hybridized carbons (Fsp3) is 0. The molecule has 6 heteroatoms. The second-order valence-corrected chi connectivity index (χ2v) is 3.02. The van der Waals surface area contributed by atoms with Gasteiger partial charge >= 0.3 is 6.09 Å². The number of carbonyl (C=O) groups is 1. The Labute approximate surface area is 84.4 Å². The van der Waals surface area contributed by atoms with E-state index in [0.29, 0.717) is 15.7 Å². The Morgan fingerprint density at radius 1 is 1.38 bits per heavy atom. The smallest absolute Gasteiger partial charge is 0.423 e. The van der Waals surface area contributed by atoms with Crippen LogP contribution in [0.4, 0.5) is 10.5 Å². The van der Waals surface area contributed by atoms with Gasteiger partial charge in [0.2, 0.25) is 0 Å². The molecule has 3 N–H and O–H groups in total. The number of halogens is 2. The standard InChI is InChI=1S/C7H6Cl2N2O2/c8-4-1-2-5(9)6(3-4)10-11-7(12)13/h1-3,10-11H,(H,12,13). The van der Waals surface area contributed by atoms with Crippen LogP contribution in [0.1, 0.15) is 0 Å². The molecule has 0 saturated carbocycles. The molecule has 4 nitrogen and oxygen atoms in total. The Morgan fingerprint density at radius 2 is 2.08 bits per heavy atom. The molecule has 0 saturated heterocycles. The van der Waals surface area contributed by atoms with Crippen molar-refractivity contribution in [1.82, 2.24) is 5.43 Å². The van der Waals surface area contributed by atoms with Gasteiger partial charge in [0, 0.05) is 5.02 Å². The highest BCUT2D eigenvalue weighted by Crippen LogP contribution is 2.24. The van der Waals surface area contributed by atoms with Crippen LogP contribution in [0.3, 0.4) is 0 Å². The predicted molar refractivity (Wildman–Crippen MR) is 51.2 cm³/mol. The number of amides is 1. The largest absolute Gasteiger partial charge is 0.464 e. The highest BCUT2D eigenvalue weighted by molar-refractivity contribution is 6.35. The Hall–Kier alpha value is -1.13. The summed E-state index contributed by atoms with van der Waals surface area (Å²) in [5, 5.41) is 9.14. The molecular weight excluding hydrogens is 215 g/mol. The average Bonchev–Trinajstić information content (AvgIpc) is 2.06. The number of benzene rings is 1. The van der Waals surface area contributed by atoms with Crippen molar-refractivity contribution >= 4 is 35.0 Å². The van der Waals surface area contributed by atoms with Gasteiger partial charge < -0.3 is 5.11 Å². The maximum Gasteiger partial charge on any atom is 0.423 e. The molecule has 1 amide bonds. The van der Waals surface area contributed by atoms with E-state index in [0.717, 1.165) is 0 Å². The second kappa shape index (κ2) is 4.20. The lowest BCUT2D eigenvalue weighted by Crippen LogP contribution is -2.27. The normalized spacial score (nSPS) is 9.38. The summed E-state index contributed by atoms with van der Waals surface area (Å²) in [5.41, 5.74) is 4.75. The van der Waals surface area contributed by atoms with Gasteiger partial charge in [-0.15, -0.1) is 0 Å². The van der Waals surface area contributed by atoms with E-state index >= 15 is 0 Å². The zero-order valence-corrected chi connectivity index (χ0v) is 7.86. The fourth-order valence-electron chi connectivity index (χ4n) is 0.714. The molecule has 1 rings (SSSR count). The quantitative estimate of drug-likeness (QED) is 0.672. The van der Waals surface area contributed by atoms with Crippen LogP contribution in [0.2, 0.25) is 10.0 Å². The molecule has 0 unspecified atom stereocenters. The van der Waals surface area contributed by atoms with Crippen LogP contribution in [-0.4, -0.2) is 11.2 Å². The molecule has 0 bridgehead atoms. The van der Waals surface area contributed by atoms with E-state index in [1.54, 1.807) is 12.1 Å². The maximum atomic E-state index is 10.1. The first-order valence-corrected chi connectivity index (χ1v) is 4.05. The van der Waals surface area contributed by atoms with Crippen LogP contribution in [0.5, 0.6) is 0 Å². The predicted octanol–water partition coefficient (Wildman–Crippen LogP) is 2.59. The van der Waals surface area contributed by atoms with Gasteiger partial charge in [0.1, 0.15) is 0 Å². The zero-order valence-electron chi connectivity index (χ0n) is 6.34. The molecule has 0 fully saturated rings. The van der Waals surface area contributed by atoms with Crippen molar-refractivity contribution in [3.8, 4) is 0 Å². The van der Waals surface area contributed by atoms with Crippen molar-refractivity contribution in [1.29, 1.82) is 0 Å². The minimum Gasteiger partial charge on any atom is -0.464 e. The lowest BCUT2D eigenvalue weighted by Gasteiger charge is -2.07. The third kappa shape index (κ3) is 3.01. The summed E-state index contributed by atoms with van der Waals surface area (Å²) in [4.78, 5) is 10.1. The van der Waals surface area contributed by atoms with Crippen LogP contribution >= 0.6 is 23.2 Å². The molecule has 0 heterocycles. The van der Waals surface area contributed by atoms with Crippen LogP contribution in [0, 0.1) is 0 Å². The van der Waals surface area contributed by atoms with Crippen LogP contribution in [0.15, 0.2) is 18.2 Å². The van der Waals surface area contributed by atoms with Crippen molar-refractivity contribution in [2.24, 2.45) is 0 Å². The van der Waals surface area contributed by atoms with E-state index in [1.165, 1.54) is 6.07 Å². The number of rotatable bonds is 2. The molecule has 70 valence electrons. The molecule has 0 atom stereocenters. The van der Waals surface area contributed by atoms with Crippen molar-refractivity contribution in [3.63, 3.8) is 0 Å². The summed E-state index contributed by atoms with van der Waals surface area (Å²) >= 11 is 11.4. The molecule has 0 radical (unpaired) electrons. The minimum atomic E-state index is -1.20. The van der Waals surface area contributed by atoms with Gasteiger partial charge in [0.25, 0.3) is 0 Å². The van der Waals surface area contributed by atoms with Crippen molar-refractivity contribution in [2.45, 2.75) is 0 Å². The number of nitrogens with one attached hydrogen (secondary N) is 2. The molecular formula is C7H6Cl2N2O2. The van der Waals surface area contributed by atoms with Gasteiger partial charge in [-0.2, -0.15) is 0 Å². The molecule has 1 aromatic carbocycles. The van der Waals surface area contributed by atoms with E-state index in [4.69, 9.17) is 28.3 Å². The van der Waals surface area contributed by atoms with Crippen molar-refractivity contribution in [3.05, 3.63) is 28.2 Å². The second-order valence-electron chi connectivity index (χ2n) is 2.18. The average molecular weight is 221 g/mol. The highest BCUT2D eigenvalue weighted by Gasteiger charge is 2.01. The van der Waals surface area contributed by atoms with E-state index < -0.39 is 6.09 Å². The maximum absolute atomic E-state index is 10.1. The van der Waals surface area contributed by atoms with E-state index in [2.05, 4.69) is 5.43 Å². The number of hydrogen-bond acceptors (Lipinski definition) is 2. The number of carboxylic acid groups (broad SMARTS) is 1. The summed E-state index contributed by atoms with van der Waals surface area (Å²) in [6.07, 6.45) is -1.20. The monoisotopic (exact) mass is 220 g/mol.